The SMILES string of the molecule is CC(=O)c1[nH]c2c(c1/C(N)=C/N(N)CC1CCN(CCNS(=O)(=O)c3ccc(-c4c(O)cccc4F)cc3)CC1)=CC(F)=C=C=2. The Morgan fingerprint density at radius 2 is 1.89 bits per heavy atom. The number of fused-ring (bicyclic) bond motifs is 1. The second-order valence-electron chi connectivity index (χ2n) is 11.1. The van der Waals surface area contributed by atoms with Gasteiger partial charge in [0.2, 0.25) is 10.0 Å². The number of aromatic amines is 1. The monoisotopic (exact) mass is 636 g/mol. The van der Waals surface area contributed by atoms with E-state index in [9.17, 15) is 27.1 Å². The Labute approximate surface area is 259 Å². The van der Waals surface area contributed by atoms with Crippen LogP contribution in [0.4, 0.5) is 8.78 Å². The lowest BCUT2D eigenvalue weighted by atomic mass is 9.96. The number of sulfonamides is 1. The van der Waals surface area contributed by atoms with Crippen molar-refractivity contribution in [1.82, 2.24) is 19.6 Å². The van der Waals surface area contributed by atoms with Crippen molar-refractivity contribution in [3.8, 4) is 16.9 Å². The van der Waals surface area contributed by atoms with Crippen molar-refractivity contribution in [3.05, 3.63) is 87.9 Å². The van der Waals surface area contributed by atoms with Gasteiger partial charge in [-0.2, -0.15) is 4.39 Å². The zero-order valence-corrected chi connectivity index (χ0v) is 25.4. The number of piperidine rings is 1. The number of carbonyl (C=O) groups is 1. The predicted octanol–water partition coefficient (Wildman–Crippen LogP) is 2.03. The molecule has 0 bridgehead atoms. The second kappa shape index (κ2) is 13.3. The van der Waals surface area contributed by atoms with E-state index >= 15 is 0 Å². The average molecular weight is 637 g/mol. The topological polar surface area (TPSA) is 158 Å². The summed E-state index contributed by atoms with van der Waals surface area (Å²) in [5.41, 5.74) is 12.5. The van der Waals surface area contributed by atoms with Gasteiger partial charge in [0.1, 0.15) is 11.6 Å². The molecule has 0 spiro atoms. The number of ketones is 1. The number of benzene rings is 2. The molecule has 0 amide bonds. The highest BCUT2D eigenvalue weighted by molar-refractivity contribution is 7.89. The Kier molecular flexibility index (Phi) is 9.40. The highest BCUT2D eigenvalue weighted by atomic mass is 32.2. The van der Waals surface area contributed by atoms with Crippen molar-refractivity contribution in [2.24, 2.45) is 17.5 Å². The summed E-state index contributed by atoms with van der Waals surface area (Å²) >= 11 is 0. The highest BCUT2D eigenvalue weighted by Gasteiger charge is 2.22. The summed E-state index contributed by atoms with van der Waals surface area (Å²) in [4.78, 5) is 17.3. The molecule has 236 valence electrons. The van der Waals surface area contributed by atoms with Gasteiger partial charge in [0.15, 0.2) is 11.6 Å². The first kappa shape index (κ1) is 31.9. The molecule has 0 unspecified atom stereocenters. The molecular weight excluding hydrogens is 602 g/mol. The largest absolute Gasteiger partial charge is 0.507 e. The number of Topliss-reactive ketones (excluding diaryl/α,β-unsaturated/α-hetero) is 1. The molecule has 10 nitrogen and oxygen atoms in total. The van der Waals surface area contributed by atoms with Gasteiger partial charge in [0.05, 0.1) is 27.2 Å². The van der Waals surface area contributed by atoms with E-state index in [-0.39, 0.29) is 45.8 Å². The number of carbonyl (C=O) groups excluding carboxylic acids is 1. The number of hydrazine groups is 1. The number of H-pyrrole nitrogens is 1. The van der Waals surface area contributed by atoms with E-state index in [0.29, 0.717) is 34.8 Å². The normalized spacial score (nSPS) is 15.6. The number of halogens is 2. The van der Waals surface area contributed by atoms with Crippen LogP contribution in [0.3, 0.4) is 0 Å². The molecule has 0 atom stereocenters. The maximum Gasteiger partial charge on any atom is 0.240 e. The fourth-order valence-electron chi connectivity index (χ4n) is 5.61. The van der Waals surface area contributed by atoms with Gasteiger partial charge in [-0.05, 0) is 79.2 Å². The van der Waals surface area contributed by atoms with Gasteiger partial charge < -0.3 is 25.7 Å². The maximum absolute atomic E-state index is 14.2. The number of phenols is 1. The molecule has 1 fully saturated rings. The van der Waals surface area contributed by atoms with E-state index in [4.69, 9.17) is 11.6 Å². The zero-order valence-electron chi connectivity index (χ0n) is 24.6. The first-order valence-corrected chi connectivity index (χ1v) is 15.9. The first-order valence-electron chi connectivity index (χ1n) is 14.4. The van der Waals surface area contributed by atoms with Gasteiger partial charge in [-0.1, -0.05) is 18.2 Å². The molecular formula is C32H34F2N6O4S. The van der Waals surface area contributed by atoms with Crippen LogP contribution in [-0.2, 0) is 10.0 Å². The van der Waals surface area contributed by atoms with Crippen molar-refractivity contribution in [2.75, 3.05) is 32.7 Å². The molecule has 45 heavy (non-hydrogen) atoms. The predicted molar refractivity (Wildman–Crippen MR) is 167 cm³/mol. The molecule has 13 heteroatoms. The lowest BCUT2D eigenvalue weighted by molar-refractivity contribution is 0.101. The molecule has 2 heterocycles. The summed E-state index contributed by atoms with van der Waals surface area (Å²) in [6.45, 7) is 4.13. The number of likely N-dealkylation sites (tertiary alicyclic amines) is 1. The van der Waals surface area contributed by atoms with Crippen LogP contribution in [0, 0.1) is 11.7 Å². The summed E-state index contributed by atoms with van der Waals surface area (Å²) in [6.07, 6.45) is 4.45. The summed E-state index contributed by atoms with van der Waals surface area (Å²) < 4.78 is 56.3. The third-order valence-electron chi connectivity index (χ3n) is 7.90. The molecule has 1 aliphatic heterocycles. The minimum Gasteiger partial charge on any atom is -0.507 e. The van der Waals surface area contributed by atoms with Gasteiger partial charge in [0.25, 0.3) is 0 Å². The molecule has 2 aliphatic rings. The third kappa shape index (κ3) is 7.26. The fourth-order valence-corrected chi connectivity index (χ4v) is 6.63. The number of nitrogens with zero attached hydrogens (tertiary/aromatic N) is 2. The van der Waals surface area contributed by atoms with Crippen LogP contribution in [-0.4, -0.2) is 66.9 Å². The number of nitrogens with one attached hydrogen (secondary N) is 2. The number of rotatable bonds is 11. The lowest BCUT2D eigenvalue weighted by Crippen LogP contribution is -2.42. The third-order valence-corrected chi connectivity index (χ3v) is 9.38. The first-order chi connectivity index (χ1) is 21.4. The minimum absolute atomic E-state index is 0.0146. The van der Waals surface area contributed by atoms with Crippen LogP contribution >= 0.6 is 0 Å². The van der Waals surface area contributed by atoms with Crippen molar-refractivity contribution < 1.29 is 27.1 Å². The second-order valence-corrected chi connectivity index (χ2v) is 12.9. The Bertz CT molecular complexity index is 1930. The zero-order chi connectivity index (χ0) is 32.3. The van der Waals surface area contributed by atoms with Gasteiger partial charge in [0, 0.05) is 43.5 Å². The summed E-state index contributed by atoms with van der Waals surface area (Å²) in [6, 6.07) is 9.66. The summed E-state index contributed by atoms with van der Waals surface area (Å²) in [5.74, 6) is 4.81. The fraction of sp³-hybridized carbons (Fsp3) is 0.281. The molecule has 0 saturated carbocycles. The van der Waals surface area contributed by atoms with Crippen LogP contribution in [0.2, 0.25) is 0 Å². The molecule has 1 aliphatic carbocycles. The molecule has 3 aromatic rings. The van der Waals surface area contributed by atoms with Gasteiger partial charge in [-0.15, -0.1) is 0 Å². The van der Waals surface area contributed by atoms with E-state index < -0.39 is 21.7 Å². The summed E-state index contributed by atoms with van der Waals surface area (Å²) in [7, 11) is -3.78. The Morgan fingerprint density at radius 1 is 1.18 bits per heavy atom. The lowest BCUT2D eigenvalue weighted by Gasteiger charge is -2.33. The molecule has 1 aromatic heterocycles. The number of allylic oxidation sites excluding steroid dienone is 1. The van der Waals surface area contributed by atoms with Gasteiger partial charge in [-0.25, -0.2) is 23.4 Å². The Balaban J connectivity index is 1.11. The minimum atomic E-state index is -3.78. The van der Waals surface area contributed by atoms with Gasteiger partial charge >= 0.3 is 0 Å². The van der Waals surface area contributed by atoms with Crippen molar-refractivity contribution in [2.45, 2.75) is 24.7 Å². The van der Waals surface area contributed by atoms with Crippen molar-refractivity contribution >= 4 is 33.3 Å². The quantitative estimate of drug-likeness (QED) is 0.0927. The number of hydrogen-bond donors (Lipinski definition) is 5. The molecule has 0 radical (unpaired) electrons. The van der Waals surface area contributed by atoms with Crippen molar-refractivity contribution in [3.63, 3.8) is 0 Å². The Hall–Kier alpha value is -4.48. The number of aromatic hydroxyl groups is 1. The van der Waals surface area contributed by atoms with Crippen LogP contribution < -0.4 is 26.9 Å². The molecule has 2 aromatic carbocycles. The maximum atomic E-state index is 14.2. The number of hydrogen-bond acceptors (Lipinski definition) is 8. The van der Waals surface area contributed by atoms with E-state index in [1.54, 1.807) is 0 Å². The number of nitrogens with two attached hydrogens (primary N) is 2. The molecule has 7 N–H and O–H groups in total. The number of aromatic nitrogens is 1. The van der Waals surface area contributed by atoms with Crippen molar-refractivity contribution in [1.29, 1.82) is 0 Å². The van der Waals surface area contributed by atoms with Crippen LogP contribution in [0.25, 0.3) is 28.6 Å². The molecule has 5 rings (SSSR count). The average Bonchev–Trinajstić information content (AvgIpc) is 3.37. The standard InChI is InChI=1S/C32H34F2N6O4S/c1-20(41)32-31(25-17-23(33)7-10-28(25)38-32)27(35)19-40(36)18-21-11-14-39(15-12-21)16-13-37-45(43,44)24-8-5-22(6-9-24)30-26(34)3-2-4-29(30)42/h2-6,8-9,17,19,21,37-38,42H,11-16,18,35-36H2,1H3/b27-19-. The van der Waals surface area contributed by atoms with E-state index in [2.05, 4.69) is 26.1 Å². The van der Waals surface area contributed by atoms with Crippen LogP contribution in [0.15, 0.2) is 65.1 Å². The Morgan fingerprint density at radius 3 is 2.56 bits per heavy atom. The van der Waals surface area contributed by atoms with E-state index in [1.165, 1.54) is 66.7 Å². The smallest absolute Gasteiger partial charge is 0.240 e. The van der Waals surface area contributed by atoms with Crippen LogP contribution in [0.1, 0.15) is 35.8 Å². The summed E-state index contributed by atoms with van der Waals surface area (Å²) in [5, 5.41) is 12.3. The van der Waals surface area contributed by atoms with Gasteiger partial charge in [-0.3, -0.25) is 4.79 Å². The van der Waals surface area contributed by atoms with Crippen LogP contribution in [0.5, 0.6) is 5.75 Å². The van der Waals surface area contributed by atoms with E-state index in [0.717, 1.165) is 25.9 Å². The van der Waals surface area contributed by atoms with E-state index in [1.807, 2.05) is 0 Å². The molecule has 1 saturated heterocycles. The number of phenolic OH excluding ortho intramolecular Hbond substituents is 1. The highest BCUT2D eigenvalue weighted by Crippen LogP contribution is 2.32.